The van der Waals surface area contributed by atoms with Crippen LogP contribution in [0.15, 0.2) is 34.9 Å². The minimum atomic E-state index is 0.397. The van der Waals surface area contributed by atoms with Crippen molar-refractivity contribution >= 4 is 0 Å². The molecular formula is C21H29N3O2. The van der Waals surface area contributed by atoms with E-state index in [1.165, 1.54) is 24.9 Å². The summed E-state index contributed by atoms with van der Waals surface area (Å²) in [6.45, 7) is 2.01. The monoisotopic (exact) mass is 355 g/mol. The van der Waals surface area contributed by atoms with Crippen molar-refractivity contribution in [2.24, 2.45) is 0 Å². The zero-order valence-electron chi connectivity index (χ0n) is 15.6. The Bertz CT molecular complexity index is 688. The van der Waals surface area contributed by atoms with Gasteiger partial charge in [-0.25, -0.2) is 0 Å². The van der Waals surface area contributed by atoms with Crippen molar-refractivity contribution in [2.45, 2.75) is 62.9 Å². The van der Waals surface area contributed by atoms with Gasteiger partial charge in [-0.3, -0.25) is 4.90 Å². The number of unbranched alkanes of at least 4 members (excludes halogenated alkanes) is 2. The second-order valence-corrected chi connectivity index (χ2v) is 7.57. The number of hydrogen-bond acceptors (Lipinski definition) is 5. The molecule has 0 N–H and O–H groups in total. The Morgan fingerprint density at radius 1 is 1.19 bits per heavy atom. The normalized spacial score (nSPS) is 25.7. The number of ether oxygens (including phenoxy) is 1. The Morgan fingerprint density at radius 3 is 2.92 bits per heavy atom. The SMILES string of the molecule is COCCCCCc1nc([C@@H]2C[C@H](c3ccccc3)N3CCC[C@@H]23)no1. The van der Waals surface area contributed by atoms with Crippen LogP contribution < -0.4 is 0 Å². The number of nitrogens with zero attached hydrogens (tertiary/aromatic N) is 3. The molecular weight excluding hydrogens is 326 g/mol. The molecule has 0 bridgehead atoms. The lowest BCUT2D eigenvalue weighted by molar-refractivity contribution is 0.192. The molecule has 26 heavy (non-hydrogen) atoms. The Labute approximate surface area is 155 Å². The maximum atomic E-state index is 5.56. The molecule has 4 rings (SSSR count). The van der Waals surface area contributed by atoms with Gasteiger partial charge in [0.15, 0.2) is 5.82 Å². The molecule has 0 spiro atoms. The van der Waals surface area contributed by atoms with E-state index in [4.69, 9.17) is 14.2 Å². The number of hydrogen-bond donors (Lipinski definition) is 0. The highest BCUT2D eigenvalue weighted by atomic mass is 16.5. The van der Waals surface area contributed by atoms with Gasteiger partial charge in [-0.15, -0.1) is 0 Å². The largest absolute Gasteiger partial charge is 0.385 e. The number of fused-ring (bicyclic) bond motifs is 1. The van der Waals surface area contributed by atoms with E-state index < -0.39 is 0 Å². The first-order chi connectivity index (χ1) is 12.9. The zero-order chi connectivity index (χ0) is 17.8. The summed E-state index contributed by atoms with van der Waals surface area (Å²) in [5, 5.41) is 4.36. The van der Waals surface area contributed by atoms with E-state index in [1.54, 1.807) is 7.11 Å². The molecule has 0 amide bonds. The third kappa shape index (κ3) is 3.69. The Balaban J connectivity index is 1.41. The van der Waals surface area contributed by atoms with Crippen LogP contribution in [0.2, 0.25) is 0 Å². The van der Waals surface area contributed by atoms with Gasteiger partial charge < -0.3 is 9.26 Å². The summed E-state index contributed by atoms with van der Waals surface area (Å²) in [4.78, 5) is 7.43. The molecule has 0 unspecified atom stereocenters. The van der Waals surface area contributed by atoms with E-state index in [-0.39, 0.29) is 0 Å². The van der Waals surface area contributed by atoms with E-state index in [9.17, 15) is 0 Å². The van der Waals surface area contributed by atoms with Crippen molar-refractivity contribution < 1.29 is 9.26 Å². The predicted molar refractivity (Wildman–Crippen MR) is 100.0 cm³/mol. The van der Waals surface area contributed by atoms with Crippen molar-refractivity contribution in [1.82, 2.24) is 15.0 Å². The molecule has 3 heterocycles. The van der Waals surface area contributed by atoms with Gasteiger partial charge in [0.1, 0.15) is 0 Å². The predicted octanol–water partition coefficient (Wildman–Crippen LogP) is 4.12. The smallest absolute Gasteiger partial charge is 0.226 e. The number of methoxy groups -OCH3 is 1. The maximum absolute atomic E-state index is 5.56. The summed E-state index contributed by atoms with van der Waals surface area (Å²) in [7, 11) is 1.75. The third-order valence-corrected chi connectivity index (χ3v) is 5.92. The van der Waals surface area contributed by atoms with Gasteiger partial charge in [-0.1, -0.05) is 41.9 Å². The standard InChI is InChI=1S/C21H29N3O2/c1-25-14-7-3-6-12-20-22-21(23-26-20)17-15-19(16-9-4-2-5-10-16)24-13-8-11-18(17)24/h2,4-5,9-10,17-19H,3,6-8,11-15H2,1H3/t17-,18+,19-/m1/s1. The minimum absolute atomic E-state index is 0.397. The molecule has 2 saturated heterocycles. The van der Waals surface area contributed by atoms with Crippen molar-refractivity contribution in [3.05, 3.63) is 47.6 Å². The molecule has 2 aliphatic rings. The summed E-state index contributed by atoms with van der Waals surface area (Å²) in [5.74, 6) is 2.12. The fraction of sp³-hybridized carbons (Fsp3) is 0.619. The van der Waals surface area contributed by atoms with Crippen LogP contribution in [0.1, 0.15) is 67.8 Å². The van der Waals surface area contributed by atoms with Gasteiger partial charge in [-0.05, 0) is 44.2 Å². The van der Waals surface area contributed by atoms with Crippen LogP contribution >= 0.6 is 0 Å². The highest BCUT2D eigenvalue weighted by Gasteiger charge is 2.46. The Kier molecular flexibility index (Phi) is 5.65. The summed E-state index contributed by atoms with van der Waals surface area (Å²) in [6, 6.07) is 11.9. The van der Waals surface area contributed by atoms with Crippen molar-refractivity contribution in [2.75, 3.05) is 20.3 Å². The summed E-state index contributed by atoms with van der Waals surface area (Å²) in [6.07, 6.45) is 7.81. The van der Waals surface area contributed by atoms with Gasteiger partial charge >= 0.3 is 0 Å². The van der Waals surface area contributed by atoms with Crippen molar-refractivity contribution in [1.29, 1.82) is 0 Å². The minimum Gasteiger partial charge on any atom is -0.385 e. The summed E-state index contributed by atoms with van der Waals surface area (Å²) < 4.78 is 10.7. The molecule has 3 atom stereocenters. The molecule has 0 saturated carbocycles. The van der Waals surface area contributed by atoms with Crippen LogP contribution in [0.25, 0.3) is 0 Å². The Hall–Kier alpha value is -1.72. The average molecular weight is 355 g/mol. The lowest BCUT2D eigenvalue weighted by Crippen LogP contribution is -2.27. The van der Waals surface area contributed by atoms with Gasteiger partial charge in [0.25, 0.3) is 0 Å². The number of aryl methyl sites for hydroxylation is 1. The summed E-state index contributed by atoms with van der Waals surface area (Å²) in [5.41, 5.74) is 1.42. The molecule has 2 fully saturated rings. The van der Waals surface area contributed by atoms with Gasteiger partial charge in [0, 0.05) is 38.1 Å². The second kappa shape index (κ2) is 8.31. The van der Waals surface area contributed by atoms with Gasteiger partial charge in [0.2, 0.25) is 5.89 Å². The molecule has 1 aromatic heterocycles. The molecule has 0 aliphatic carbocycles. The lowest BCUT2D eigenvalue weighted by Gasteiger charge is -2.24. The molecule has 140 valence electrons. The number of benzene rings is 1. The first kappa shape index (κ1) is 17.7. The van der Waals surface area contributed by atoms with E-state index in [2.05, 4.69) is 40.4 Å². The van der Waals surface area contributed by atoms with Crippen LogP contribution in [-0.2, 0) is 11.2 Å². The highest BCUT2D eigenvalue weighted by molar-refractivity contribution is 5.24. The first-order valence-electron chi connectivity index (χ1n) is 9.99. The lowest BCUT2D eigenvalue weighted by atomic mass is 9.94. The highest BCUT2D eigenvalue weighted by Crippen LogP contribution is 2.48. The molecule has 2 aliphatic heterocycles. The van der Waals surface area contributed by atoms with Crippen molar-refractivity contribution in [3.8, 4) is 0 Å². The zero-order valence-corrected chi connectivity index (χ0v) is 15.6. The van der Waals surface area contributed by atoms with E-state index in [0.29, 0.717) is 18.0 Å². The second-order valence-electron chi connectivity index (χ2n) is 7.57. The van der Waals surface area contributed by atoms with E-state index >= 15 is 0 Å². The fourth-order valence-corrected chi connectivity index (χ4v) is 4.67. The number of rotatable bonds is 8. The van der Waals surface area contributed by atoms with E-state index in [1.807, 2.05) is 0 Å². The molecule has 5 nitrogen and oxygen atoms in total. The van der Waals surface area contributed by atoms with Crippen LogP contribution in [0.5, 0.6) is 0 Å². The number of aromatic nitrogens is 2. The fourth-order valence-electron chi connectivity index (χ4n) is 4.67. The maximum Gasteiger partial charge on any atom is 0.226 e. The van der Waals surface area contributed by atoms with Gasteiger partial charge in [0.05, 0.1) is 0 Å². The first-order valence-corrected chi connectivity index (χ1v) is 9.99. The van der Waals surface area contributed by atoms with Crippen LogP contribution in [-0.4, -0.2) is 41.3 Å². The van der Waals surface area contributed by atoms with Gasteiger partial charge in [-0.2, -0.15) is 4.98 Å². The Morgan fingerprint density at radius 2 is 2.08 bits per heavy atom. The average Bonchev–Trinajstić information content (AvgIpc) is 3.38. The molecule has 0 radical (unpaired) electrons. The van der Waals surface area contributed by atoms with Crippen LogP contribution in [0.3, 0.4) is 0 Å². The topological polar surface area (TPSA) is 51.4 Å². The summed E-state index contributed by atoms with van der Waals surface area (Å²) >= 11 is 0. The third-order valence-electron chi connectivity index (χ3n) is 5.92. The molecule has 2 aromatic rings. The molecule has 5 heteroatoms. The quantitative estimate of drug-likeness (QED) is 0.667. The van der Waals surface area contributed by atoms with E-state index in [0.717, 1.165) is 50.4 Å². The van der Waals surface area contributed by atoms with Crippen LogP contribution in [0, 0.1) is 0 Å². The van der Waals surface area contributed by atoms with Crippen LogP contribution in [0.4, 0.5) is 0 Å². The van der Waals surface area contributed by atoms with Crippen molar-refractivity contribution in [3.63, 3.8) is 0 Å². The molecule has 1 aromatic carbocycles.